The number of nitrogens with one attached hydrogen (secondary N) is 1. The Morgan fingerprint density at radius 3 is 2.56 bits per heavy atom. The number of aromatic amines is 1. The quantitative estimate of drug-likeness (QED) is 0.798. The predicted octanol–water partition coefficient (Wildman–Crippen LogP) is 1.97. The Kier molecular flexibility index (Phi) is 2.71. The van der Waals surface area contributed by atoms with Crippen LogP contribution in [0.4, 0.5) is 0 Å². The van der Waals surface area contributed by atoms with Gasteiger partial charge in [0.15, 0.2) is 0 Å². The van der Waals surface area contributed by atoms with Gasteiger partial charge in [0, 0.05) is 0 Å². The van der Waals surface area contributed by atoms with Gasteiger partial charge in [-0.15, -0.1) is 0 Å². The van der Waals surface area contributed by atoms with Crippen molar-refractivity contribution in [3.8, 4) is 17.3 Å². The molecule has 1 atom stereocenters. The summed E-state index contributed by atoms with van der Waals surface area (Å²) in [6.45, 7) is 1.88. The first-order chi connectivity index (χ1) is 7.70. The molecule has 3 N–H and O–H groups in total. The van der Waals surface area contributed by atoms with E-state index in [-0.39, 0.29) is 6.04 Å². The van der Waals surface area contributed by atoms with Gasteiger partial charge in [-0.05, 0) is 24.6 Å². The van der Waals surface area contributed by atoms with Crippen molar-refractivity contribution in [2.24, 2.45) is 5.73 Å². The van der Waals surface area contributed by atoms with Crippen molar-refractivity contribution in [2.45, 2.75) is 13.0 Å². The van der Waals surface area contributed by atoms with Crippen LogP contribution in [-0.2, 0) is 0 Å². The van der Waals surface area contributed by atoms with E-state index in [4.69, 9.17) is 11.0 Å². The minimum Gasteiger partial charge on any atom is -0.341 e. The highest BCUT2D eigenvalue weighted by molar-refractivity contribution is 5.59. The molecule has 0 spiro atoms. The Labute approximate surface area is 93.7 Å². The summed E-state index contributed by atoms with van der Waals surface area (Å²) < 4.78 is 0. The maximum absolute atomic E-state index is 8.69. The van der Waals surface area contributed by atoms with Crippen molar-refractivity contribution in [2.75, 3.05) is 0 Å². The third-order valence-corrected chi connectivity index (χ3v) is 2.35. The van der Waals surface area contributed by atoms with E-state index < -0.39 is 0 Å². The van der Waals surface area contributed by atoms with Crippen molar-refractivity contribution in [3.05, 3.63) is 41.9 Å². The summed E-state index contributed by atoms with van der Waals surface area (Å²) in [7, 11) is 0. The number of imidazole rings is 1. The average Bonchev–Trinajstić information content (AvgIpc) is 2.78. The van der Waals surface area contributed by atoms with Crippen LogP contribution in [0.25, 0.3) is 11.3 Å². The first-order valence-corrected chi connectivity index (χ1v) is 5.01. The van der Waals surface area contributed by atoms with Crippen molar-refractivity contribution in [1.29, 1.82) is 5.26 Å². The van der Waals surface area contributed by atoms with E-state index in [0.717, 1.165) is 17.1 Å². The van der Waals surface area contributed by atoms with Crippen LogP contribution in [-0.4, -0.2) is 9.97 Å². The van der Waals surface area contributed by atoms with Gasteiger partial charge in [-0.2, -0.15) is 5.26 Å². The molecule has 0 amide bonds. The van der Waals surface area contributed by atoms with E-state index >= 15 is 0 Å². The van der Waals surface area contributed by atoms with Crippen molar-refractivity contribution >= 4 is 0 Å². The molecule has 2 aromatic rings. The highest BCUT2D eigenvalue weighted by Crippen LogP contribution is 2.18. The van der Waals surface area contributed by atoms with Gasteiger partial charge in [-0.3, -0.25) is 0 Å². The van der Waals surface area contributed by atoms with Crippen LogP contribution < -0.4 is 5.73 Å². The zero-order valence-electron chi connectivity index (χ0n) is 8.94. The third kappa shape index (κ3) is 1.95. The van der Waals surface area contributed by atoms with Crippen LogP contribution in [0.2, 0.25) is 0 Å². The number of rotatable bonds is 2. The lowest BCUT2D eigenvalue weighted by atomic mass is 10.1. The fourth-order valence-corrected chi connectivity index (χ4v) is 1.44. The normalized spacial score (nSPS) is 12.1. The topological polar surface area (TPSA) is 78.5 Å². The lowest BCUT2D eigenvalue weighted by Crippen LogP contribution is -2.06. The molecule has 16 heavy (non-hydrogen) atoms. The van der Waals surface area contributed by atoms with Gasteiger partial charge in [0.25, 0.3) is 0 Å². The molecule has 0 radical (unpaired) electrons. The molecule has 0 saturated carbocycles. The predicted molar refractivity (Wildman–Crippen MR) is 61.3 cm³/mol. The van der Waals surface area contributed by atoms with Crippen LogP contribution >= 0.6 is 0 Å². The van der Waals surface area contributed by atoms with E-state index in [2.05, 4.69) is 16.0 Å². The zero-order chi connectivity index (χ0) is 11.5. The summed E-state index contributed by atoms with van der Waals surface area (Å²) in [5.41, 5.74) is 8.27. The van der Waals surface area contributed by atoms with E-state index in [9.17, 15) is 0 Å². The highest BCUT2D eigenvalue weighted by Gasteiger charge is 2.06. The number of H-pyrrole nitrogens is 1. The fraction of sp³-hybridized carbons (Fsp3) is 0.167. The van der Waals surface area contributed by atoms with Crippen LogP contribution in [0.5, 0.6) is 0 Å². The Morgan fingerprint density at radius 1 is 1.38 bits per heavy atom. The molecule has 4 heteroatoms. The van der Waals surface area contributed by atoms with Crippen LogP contribution in [0.1, 0.15) is 24.4 Å². The van der Waals surface area contributed by atoms with Gasteiger partial charge in [-0.1, -0.05) is 12.1 Å². The van der Waals surface area contributed by atoms with E-state index in [1.54, 1.807) is 18.3 Å². The summed E-state index contributed by atoms with van der Waals surface area (Å²) in [6, 6.07) is 9.31. The van der Waals surface area contributed by atoms with Crippen LogP contribution in [0.3, 0.4) is 0 Å². The molecule has 0 saturated heterocycles. The second kappa shape index (κ2) is 4.17. The molecule has 1 aromatic heterocycles. The van der Waals surface area contributed by atoms with Gasteiger partial charge in [0.1, 0.15) is 5.82 Å². The first-order valence-electron chi connectivity index (χ1n) is 5.01. The fourth-order valence-electron chi connectivity index (χ4n) is 1.44. The van der Waals surface area contributed by atoms with Gasteiger partial charge in [0.2, 0.25) is 0 Å². The molecule has 0 fully saturated rings. The van der Waals surface area contributed by atoms with Gasteiger partial charge in [0.05, 0.1) is 29.6 Å². The average molecular weight is 212 g/mol. The van der Waals surface area contributed by atoms with Crippen molar-refractivity contribution in [1.82, 2.24) is 9.97 Å². The molecule has 0 aliphatic carbocycles. The largest absolute Gasteiger partial charge is 0.341 e. The number of benzene rings is 1. The second-order valence-electron chi connectivity index (χ2n) is 3.66. The minimum atomic E-state index is -0.105. The molecular weight excluding hydrogens is 200 g/mol. The number of hydrogen-bond acceptors (Lipinski definition) is 3. The third-order valence-electron chi connectivity index (χ3n) is 2.35. The van der Waals surface area contributed by atoms with Crippen LogP contribution in [0, 0.1) is 11.3 Å². The van der Waals surface area contributed by atoms with Crippen molar-refractivity contribution in [3.63, 3.8) is 0 Å². The summed E-state index contributed by atoms with van der Waals surface area (Å²) in [4.78, 5) is 7.34. The van der Waals surface area contributed by atoms with Gasteiger partial charge < -0.3 is 10.7 Å². The molecule has 1 unspecified atom stereocenters. The maximum Gasteiger partial charge on any atom is 0.123 e. The number of nitrogens with two attached hydrogens (primary N) is 1. The molecule has 0 aliphatic heterocycles. The summed E-state index contributed by atoms with van der Waals surface area (Å²) in [6.07, 6.45) is 1.75. The molecular formula is C12H12N4. The molecule has 80 valence electrons. The Balaban J connectivity index is 2.32. The Morgan fingerprint density at radius 2 is 2.06 bits per heavy atom. The summed E-state index contributed by atoms with van der Waals surface area (Å²) >= 11 is 0. The number of aromatic nitrogens is 2. The number of hydrogen-bond donors (Lipinski definition) is 2. The molecule has 1 aromatic carbocycles. The SMILES string of the molecule is CC(N)c1ncc(-c2ccc(C#N)cc2)[nH]1. The molecule has 0 aliphatic rings. The first kappa shape index (κ1) is 10.4. The van der Waals surface area contributed by atoms with Gasteiger partial charge >= 0.3 is 0 Å². The molecule has 1 heterocycles. The number of nitriles is 1. The van der Waals surface area contributed by atoms with Crippen molar-refractivity contribution < 1.29 is 0 Å². The van der Waals surface area contributed by atoms with E-state index in [1.165, 1.54) is 0 Å². The standard InChI is InChI=1S/C12H12N4/c1-8(14)12-15-7-11(16-12)10-4-2-9(6-13)3-5-10/h2-5,7-8H,14H2,1H3,(H,15,16). The summed E-state index contributed by atoms with van der Waals surface area (Å²) in [5.74, 6) is 0.763. The number of nitrogens with zero attached hydrogens (tertiary/aromatic N) is 2. The summed E-state index contributed by atoms with van der Waals surface area (Å²) in [5, 5.41) is 8.69. The monoisotopic (exact) mass is 212 g/mol. The van der Waals surface area contributed by atoms with E-state index in [0.29, 0.717) is 5.56 Å². The van der Waals surface area contributed by atoms with Gasteiger partial charge in [-0.25, -0.2) is 4.98 Å². The second-order valence-corrected chi connectivity index (χ2v) is 3.66. The zero-order valence-corrected chi connectivity index (χ0v) is 8.94. The highest BCUT2D eigenvalue weighted by atomic mass is 14.9. The smallest absolute Gasteiger partial charge is 0.123 e. The van der Waals surface area contributed by atoms with E-state index in [1.807, 2.05) is 19.1 Å². The minimum absolute atomic E-state index is 0.105. The Bertz CT molecular complexity index is 517. The lowest BCUT2D eigenvalue weighted by Gasteiger charge is -1.99. The maximum atomic E-state index is 8.69. The lowest BCUT2D eigenvalue weighted by molar-refractivity contribution is 0.756. The molecule has 4 nitrogen and oxygen atoms in total. The molecule has 2 rings (SSSR count). The molecule has 0 bridgehead atoms. The van der Waals surface area contributed by atoms with Crippen LogP contribution in [0.15, 0.2) is 30.5 Å². The Hall–Kier alpha value is -2.12.